The summed E-state index contributed by atoms with van der Waals surface area (Å²) in [4.78, 5) is 21.9. The molecule has 0 aliphatic rings. The molecule has 196 valence electrons. The van der Waals surface area contributed by atoms with Crippen molar-refractivity contribution in [1.82, 2.24) is 20.2 Å². The summed E-state index contributed by atoms with van der Waals surface area (Å²) in [6.45, 7) is 0. The van der Waals surface area contributed by atoms with Crippen molar-refractivity contribution in [2.24, 2.45) is 0 Å². The minimum atomic E-state index is -0.116. The Morgan fingerprint density at radius 1 is 0.795 bits per heavy atom. The van der Waals surface area contributed by atoms with Gasteiger partial charge in [0.05, 0.1) is 19.9 Å². The molecule has 5 aromatic rings. The number of rotatable bonds is 10. The van der Waals surface area contributed by atoms with Gasteiger partial charge in [0.25, 0.3) is 0 Å². The van der Waals surface area contributed by atoms with Gasteiger partial charge in [-0.1, -0.05) is 42.1 Å². The first kappa shape index (κ1) is 26.3. The Labute approximate surface area is 234 Å². The Morgan fingerprint density at radius 3 is 2.08 bits per heavy atom. The summed E-state index contributed by atoms with van der Waals surface area (Å²) in [5, 5.41) is 14.7. The van der Waals surface area contributed by atoms with E-state index in [0.29, 0.717) is 27.4 Å². The lowest BCUT2D eigenvalue weighted by atomic mass is 10.0. The van der Waals surface area contributed by atoms with Crippen LogP contribution in [0.4, 0.5) is 5.13 Å². The first-order valence-corrected chi connectivity index (χ1v) is 14.0. The van der Waals surface area contributed by atoms with E-state index in [1.54, 1.807) is 14.2 Å². The van der Waals surface area contributed by atoms with E-state index >= 15 is 0 Å². The summed E-state index contributed by atoms with van der Waals surface area (Å²) in [7, 11) is 3.26. The van der Waals surface area contributed by atoms with Crippen LogP contribution in [-0.2, 0) is 4.79 Å². The van der Waals surface area contributed by atoms with Gasteiger partial charge in [-0.2, -0.15) is 0 Å². The third-order valence-corrected chi connectivity index (χ3v) is 7.37. The van der Waals surface area contributed by atoms with Gasteiger partial charge in [-0.05, 0) is 48.5 Å². The predicted molar refractivity (Wildman–Crippen MR) is 155 cm³/mol. The number of benzene rings is 3. The van der Waals surface area contributed by atoms with E-state index in [-0.39, 0.29) is 12.3 Å². The molecule has 2 heterocycles. The first-order valence-electron chi connectivity index (χ1n) is 12.1. The van der Waals surface area contributed by atoms with Crippen LogP contribution in [0.25, 0.3) is 33.8 Å². The number of anilines is 1. The molecule has 10 heteroatoms. The molecular weight excluding hydrogens is 530 g/mol. The van der Waals surface area contributed by atoms with Gasteiger partial charge in [-0.25, -0.2) is 9.97 Å². The highest BCUT2D eigenvalue weighted by molar-refractivity contribution is 7.99. The summed E-state index contributed by atoms with van der Waals surface area (Å²) < 4.78 is 10.6. The second-order valence-corrected chi connectivity index (χ2v) is 10.2. The van der Waals surface area contributed by atoms with Crippen LogP contribution >= 0.6 is 23.1 Å². The Bertz CT molecular complexity index is 1540. The van der Waals surface area contributed by atoms with Crippen molar-refractivity contribution in [2.45, 2.75) is 11.6 Å². The van der Waals surface area contributed by atoms with Crippen LogP contribution in [0.2, 0.25) is 0 Å². The summed E-state index contributed by atoms with van der Waals surface area (Å²) in [6.07, 6.45) is 0.284. The highest BCUT2D eigenvalue weighted by Crippen LogP contribution is 2.32. The number of nitrogens with zero attached hydrogens (tertiary/aromatic N) is 4. The van der Waals surface area contributed by atoms with E-state index in [0.717, 1.165) is 33.9 Å². The summed E-state index contributed by atoms with van der Waals surface area (Å²) in [5.41, 5.74) is 4.96. The maximum absolute atomic E-state index is 12.6. The zero-order valence-electron chi connectivity index (χ0n) is 21.3. The highest BCUT2D eigenvalue weighted by Gasteiger charge is 2.15. The fourth-order valence-corrected chi connectivity index (χ4v) is 5.22. The number of aromatic nitrogens is 4. The molecule has 8 nitrogen and oxygen atoms in total. The van der Waals surface area contributed by atoms with Crippen molar-refractivity contribution < 1.29 is 14.3 Å². The Hall–Kier alpha value is -4.28. The van der Waals surface area contributed by atoms with E-state index in [2.05, 4.69) is 20.5 Å². The van der Waals surface area contributed by atoms with Crippen LogP contribution < -0.4 is 14.8 Å². The molecule has 0 unspecified atom stereocenters. The molecule has 0 saturated carbocycles. The van der Waals surface area contributed by atoms with Gasteiger partial charge in [0.15, 0.2) is 5.13 Å². The van der Waals surface area contributed by atoms with Crippen LogP contribution in [-0.4, -0.2) is 46.0 Å². The fourth-order valence-electron chi connectivity index (χ4n) is 3.76. The number of thiazole rings is 1. The van der Waals surface area contributed by atoms with E-state index in [1.807, 2.05) is 84.2 Å². The quantitative estimate of drug-likeness (QED) is 0.196. The standard InChI is InChI=1S/C29H25N5O3S2/c1-36-22-12-8-20(9-13-22)26-27(21-10-14-23(37-2)15-11-21)33-34-29(32-26)38-17-16-25(35)31-28-30-24(18-39-28)19-6-4-3-5-7-19/h3-15,18H,16-17H2,1-2H3,(H,30,31,35). The van der Waals surface area contributed by atoms with Crippen LogP contribution in [0.1, 0.15) is 6.42 Å². The number of amides is 1. The van der Waals surface area contributed by atoms with E-state index in [4.69, 9.17) is 14.5 Å². The molecule has 0 spiro atoms. The maximum Gasteiger partial charge on any atom is 0.226 e. The zero-order valence-corrected chi connectivity index (χ0v) is 23.0. The molecule has 5 rings (SSSR count). The zero-order chi connectivity index (χ0) is 27.0. The van der Waals surface area contributed by atoms with Gasteiger partial charge in [-0.15, -0.1) is 21.5 Å². The van der Waals surface area contributed by atoms with Crippen LogP contribution in [0.5, 0.6) is 11.5 Å². The molecule has 0 saturated heterocycles. The lowest BCUT2D eigenvalue weighted by Crippen LogP contribution is -2.12. The first-order chi connectivity index (χ1) is 19.1. The Balaban J connectivity index is 1.27. The molecule has 1 amide bonds. The third kappa shape index (κ3) is 6.60. The third-order valence-electron chi connectivity index (χ3n) is 5.77. The van der Waals surface area contributed by atoms with Crippen molar-refractivity contribution >= 4 is 34.1 Å². The van der Waals surface area contributed by atoms with Gasteiger partial charge in [0.2, 0.25) is 11.1 Å². The smallest absolute Gasteiger partial charge is 0.226 e. The van der Waals surface area contributed by atoms with E-state index in [9.17, 15) is 4.79 Å². The van der Waals surface area contributed by atoms with Crippen LogP contribution in [0, 0.1) is 0 Å². The van der Waals surface area contributed by atoms with Crippen LogP contribution in [0.15, 0.2) is 89.4 Å². The molecule has 2 aromatic heterocycles. The number of hydrogen-bond donors (Lipinski definition) is 1. The molecule has 0 radical (unpaired) electrons. The maximum atomic E-state index is 12.6. The molecule has 3 aromatic carbocycles. The topological polar surface area (TPSA) is 99.1 Å². The average molecular weight is 556 g/mol. The van der Waals surface area contributed by atoms with Gasteiger partial charge < -0.3 is 14.8 Å². The van der Waals surface area contributed by atoms with Gasteiger partial charge in [-0.3, -0.25) is 4.79 Å². The molecule has 0 aliphatic carbocycles. The highest BCUT2D eigenvalue weighted by atomic mass is 32.2. The number of carbonyl (C=O) groups is 1. The van der Waals surface area contributed by atoms with Crippen molar-refractivity contribution in [3.05, 3.63) is 84.2 Å². The molecule has 0 atom stereocenters. The Morgan fingerprint density at radius 2 is 1.44 bits per heavy atom. The Kier molecular flexibility index (Phi) is 8.45. The van der Waals surface area contributed by atoms with Crippen molar-refractivity contribution in [2.75, 3.05) is 25.3 Å². The minimum absolute atomic E-state index is 0.116. The van der Waals surface area contributed by atoms with E-state index in [1.165, 1.54) is 23.1 Å². The SMILES string of the molecule is COc1ccc(-c2nnc(SCCC(=O)Nc3nc(-c4ccccc4)cs3)nc2-c2ccc(OC)cc2)cc1. The van der Waals surface area contributed by atoms with Gasteiger partial charge in [0.1, 0.15) is 22.9 Å². The summed E-state index contributed by atoms with van der Waals surface area (Å²) in [5.74, 6) is 1.89. The number of methoxy groups -OCH3 is 2. The number of carbonyl (C=O) groups excluding carboxylic acids is 1. The lowest BCUT2D eigenvalue weighted by Gasteiger charge is -2.10. The largest absolute Gasteiger partial charge is 0.497 e. The number of hydrogen-bond acceptors (Lipinski definition) is 9. The molecule has 0 fully saturated rings. The number of nitrogens with one attached hydrogen (secondary N) is 1. The fraction of sp³-hybridized carbons (Fsp3) is 0.138. The number of ether oxygens (including phenoxy) is 2. The predicted octanol–water partition coefficient (Wildman–Crippen LogP) is 6.47. The van der Waals surface area contributed by atoms with Crippen molar-refractivity contribution in [1.29, 1.82) is 0 Å². The average Bonchev–Trinajstić information content (AvgIpc) is 3.46. The summed E-state index contributed by atoms with van der Waals surface area (Å²) in [6, 6.07) is 25.1. The number of thioether (sulfide) groups is 1. The minimum Gasteiger partial charge on any atom is -0.497 e. The van der Waals surface area contributed by atoms with Crippen LogP contribution in [0.3, 0.4) is 0 Å². The van der Waals surface area contributed by atoms with E-state index < -0.39 is 0 Å². The second kappa shape index (κ2) is 12.5. The monoisotopic (exact) mass is 555 g/mol. The molecule has 0 aliphatic heterocycles. The normalized spacial score (nSPS) is 10.7. The molecule has 39 heavy (non-hydrogen) atoms. The molecule has 0 bridgehead atoms. The van der Waals surface area contributed by atoms with Crippen molar-refractivity contribution in [3.8, 4) is 45.3 Å². The van der Waals surface area contributed by atoms with Gasteiger partial charge in [0, 0.05) is 34.2 Å². The molecule has 1 N–H and O–H groups in total. The lowest BCUT2D eigenvalue weighted by molar-refractivity contribution is -0.115. The van der Waals surface area contributed by atoms with Gasteiger partial charge >= 0.3 is 0 Å². The summed E-state index contributed by atoms with van der Waals surface area (Å²) >= 11 is 2.79. The van der Waals surface area contributed by atoms with Crippen molar-refractivity contribution in [3.63, 3.8) is 0 Å². The molecular formula is C29H25N5O3S2. The second-order valence-electron chi connectivity index (χ2n) is 8.30.